The molecule has 1 saturated heterocycles. The Bertz CT molecular complexity index is 1050. The summed E-state index contributed by atoms with van der Waals surface area (Å²) in [6.07, 6.45) is 5.87. The van der Waals surface area contributed by atoms with Crippen LogP contribution in [0.5, 0.6) is 0 Å². The van der Waals surface area contributed by atoms with Crippen LogP contribution in [0.1, 0.15) is 30.9 Å². The van der Waals surface area contributed by atoms with E-state index in [9.17, 15) is 0 Å². The number of piperidine rings is 1. The van der Waals surface area contributed by atoms with Crippen LogP contribution in [-0.2, 0) is 16.7 Å². The predicted octanol–water partition coefficient (Wildman–Crippen LogP) is 5.24. The van der Waals surface area contributed by atoms with Crippen LogP contribution in [-0.4, -0.2) is 41.8 Å². The molecule has 0 unspecified atom stereocenters. The van der Waals surface area contributed by atoms with Gasteiger partial charge in [-0.3, -0.25) is 9.80 Å². The van der Waals surface area contributed by atoms with E-state index in [1.54, 1.807) is 31.3 Å². The standard InChI is InChI=1S/C25H28N4OS/c1-25(20-6-4-3-5-7-20)10-14-28(15-11-25)17-19-8-9-22-21(16-19)29(18-30-2)23-24(31-22)27-13-12-26-23/h3-9,12-13,16H,10-11,14-15,17-18H2,1-2H3. The van der Waals surface area contributed by atoms with E-state index in [1.165, 1.54) is 28.9 Å². The van der Waals surface area contributed by atoms with Crippen molar-refractivity contribution in [3.8, 4) is 0 Å². The topological polar surface area (TPSA) is 41.5 Å². The molecule has 0 radical (unpaired) electrons. The smallest absolute Gasteiger partial charge is 0.168 e. The van der Waals surface area contributed by atoms with Gasteiger partial charge in [-0.25, -0.2) is 9.97 Å². The molecule has 0 spiro atoms. The number of methoxy groups -OCH3 is 1. The summed E-state index contributed by atoms with van der Waals surface area (Å²) in [4.78, 5) is 15.0. The zero-order valence-corrected chi connectivity index (χ0v) is 18.9. The largest absolute Gasteiger partial charge is 0.364 e. The van der Waals surface area contributed by atoms with Crippen LogP contribution in [0.25, 0.3) is 0 Å². The molecule has 0 atom stereocenters. The fourth-order valence-electron chi connectivity index (χ4n) is 4.60. The normalized spacial score (nSPS) is 17.8. The zero-order valence-electron chi connectivity index (χ0n) is 18.1. The number of aromatic nitrogens is 2. The van der Waals surface area contributed by atoms with Crippen LogP contribution < -0.4 is 4.90 Å². The Hall–Kier alpha value is -2.41. The van der Waals surface area contributed by atoms with Crippen molar-refractivity contribution in [2.45, 2.75) is 41.6 Å². The molecule has 0 amide bonds. The van der Waals surface area contributed by atoms with Crippen molar-refractivity contribution in [1.82, 2.24) is 14.9 Å². The van der Waals surface area contributed by atoms with Crippen molar-refractivity contribution in [3.05, 3.63) is 72.1 Å². The maximum Gasteiger partial charge on any atom is 0.168 e. The highest BCUT2D eigenvalue weighted by molar-refractivity contribution is 7.99. The van der Waals surface area contributed by atoms with Gasteiger partial charge in [0.1, 0.15) is 11.8 Å². The molecule has 5 rings (SSSR count). The minimum Gasteiger partial charge on any atom is -0.364 e. The third-order valence-corrected chi connectivity index (χ3v) is 7.56. The first-order valence-corrected chi connectivity index (χ1v) is 11.6. The zero-order chi connectivity index (χ0) is 21.3. The summed E-state index contributed by atoms with van der Waals surface area (Å²) >= 11 is 1.68. The van der Waals surface area contributed by atoms with Crippen molar-refractivity contribution >= 4 is 23.3 Å². The Morgan fingerprint density at radius 3 is 2.58 bits per heavy atom. The molecule has 5 nitrogen and oxygen atoms in total. The molecule has 0 saturated carbocycles. The molecule has 1 aromatic heterocycles. The van der Waals surface area contributed by atoms with E-state index >= 15 is 0 Å². The molecule has 31 heavy (non-hydrogen) atoms. The Labute approximate surface area is 188 Å². The number of fused-ring (bicyclic) bond motifs is 2. The number of ether oxygens (including phenoxy) is 1. The van der Waals surface area contributed by atoms with Crippen LogP contribution in [0.3, 0.4) is 0 Å². The second-order valence-electron chi connectivity index (χ2n) is 8.64. The minimum atomic E-state index is 0.280. The first-order chi connectivity index (χ1) is 15.2. The summed E-state index contributed by atoms with van der Waals surface area (Å²) in [6, 6.07) is 17.7. The van der Waals surface area contributed by atoms with Crippen LogP contribution >= 0.6 is 11.8 Å². The van der Waals surface area contributed by atoms with Crippen LogP contribution in [0.2, 0.25) is 0 Å². The van der Waals surface area contributed by atoms with Gasteiger partial charge in [-0.1, -0.05) is 55.1 Å². The van der Waals surface area contributed by atoms with E-state index in [0.29, 0.717) is 6.73 Å². The highest BCUT2D eigenvalue weighted by atomic mass is 32.2. The second kappa shape index (κ2) is 8.61. The third-order valence-electron chi connectivity index (χ3n) is 6.52. The third kappa shape index (κ3) is 4.07. The van der Waals surface area contributed by atoms with Gasteiger partial charge in [0.15, 0.2) is 5.82 Å². The highest BCUT2D eigenvalue weighted by Crippen LogP contribution is 2.46. The Kier molecular flexibility index (Phi) is 5.69. The van der Waals surface area contributed by atoms with E-state index in [1.807, 2.05) is 0 Å². The van der Waals surface area contributed by atoms with E-state index in [-0.39, 0.29) is 5.41 Å². The summed E-state index contributed by atoms with van der Waals surface area (Å²) in [5.41, 5.74) is 4.23. The van der Waals surface area contributed by atoms with Crippen molar-refractivity contribution in [2.75, 3.05) is 31.8 Å². The average Bonchev–Trinajstić information content (AvgIpc) is 2.81. The van der Waals surface area contributed by atoms with Gasteiger partial charge in [0.25, 0.3) is 0 Å². The number of rotatable bonds is 5. The number of benzene rings is 2. The molecule has 0 N–H and O–H groups in total. The number of anilines is 2. The first-order valence-electron chi connectivity index (χ1n) is 10.8. The molecule has 2 aliphatic heterocycles. The fourth-order valence-corrected chi connectivity index (χ4v) is 5.59. The molecule has 3 aromatic rings. The molecule has 2 aliphatic rings. The Balaban J connectivity index is 1.32. The Morgan fingerprint density at radius 2 is 1.81 bits per heavy atom. The van der Waals surface area contributed by atoms with Crippen molar-refractivity contribution in [1.29, 1.82) is 0 Å². The molecule has 0 aliphatic carbocycles. The molecule has 6 heteroatoms. The van der Waals surface area contributed by atoms with Gasteiger partial charge in [-0.15, -0.1) is 0 Å². The van der Waals surface area contributed by atoms with Crippen molar-refractivity contribution in [3.63, 3.8) is 0 Å². The SMILES string of the molecule is COCN1c2cc(CN3CCC(C)(c4ccccc4)CC3)ccc2Sc2nccnc21. The second-order valence-corrected chi connectivity index (χ2v) is 9.67. The minimum absolute atomic E-state index is 0.280. The number of hydrogen-bond acceptors (Lipinski definition) is 6. The van der Waals surface area contributed by atoms with Gasteiger partial charge >= 0.3 is 0 Å². The molecule has 160 valence electrons. The molecule has 2 aromatic carbocycles. The predicted molar refractivity (Wildman–Crippen MR) is 125 cm³/mol. The van der Waals surface area contributed by atoms with Gasteiger partial charge in [0.2, 0.25) is 0 Å². The quantitative estimate of drug-likeness (QED) is 0.549. The van der Waals surface area contributed by atoms with Gasteiger partial charge < -0.3 is 4.74 Å². The molecule has 0 bridgehead atoms. The van der Waals surface area contributed by atoms with Crippen molar-refractivity contribution in [2.24, 2.45) is 0 Å². The first kappa shape index (κ1) is 20.5. The summed E-state index contributed by atoms with van der Waals surface area (Å²) in [6.45, 7) is 6.08. The maximum absolute atomic E-state index is 5.49. The monoisotopic (exact) mass is 432 g/mol. The van der Waals surface area contributed by atoms with Gasteiger partial charge in [0.05, 0.1) is 5.69 Å². The highest BCUT2D eigenvalue weighted by Gasteiger charge is 2.32. The molecular weight excluding hydrogens is 404 g/mol. The number of hydrogen-bond donors (Lipinski definition) is 0. The van der Waals surface area contributed by atoms with E-state index in [2.05, 4.69) is 75.2 Å². The lowest BCUT2D eigenvalue weighted by molar-refractivity contribution is 0.162. The van der Waals surface area contributed by atoms with E-state index < -0.39 is 0 Å². The van der Waals surface area contributed by atoms with E-state index in [0.717, 1.165) is 36.2 Å². The van der Waals surface area contributed by atoms with Crippen LogP contribution in [0, 0.1) is 0 Å². The molecular formula is C25H28N4OS. The lowest BCUT2D eigenvalue weighted by Crippen LogP contribution is -2.40. The summed E-state index contributed by atoms with van der Waals surface area (Å²) in [7, 11) is 1.72. The number of nitrogens with zero attached hydrogens (tertiary/aromatic N) is 4. The summed E-state index contributed by atoms with van der Waals surface area (Å²) in [5, 5.41) is 0.927. The molecule has 3 heterocycles. The number of likely N-dealkylation sites (tertiary alicyclic amines) is 1. The summed E-state index contributed by atoms with van der Waals surface area (Å²) in [5.74, 6) is 0.871. The Morgan fingerprint density at radius 1 is 1.03 bits per heavy atom. The maximum atomic E-state index is 5.49. The van der Waals surface area contributed by atoms with Gasteiger partial charge in [-0.05, 0) is 54.6 Å². The van der Waals surface area contributed by atoms with Gasteiger partial charge in [0, 0.05) is 30.9 Å². The van der Waals surface area contributed by atoms with Crippen molar-refractivity contribution < 1.29 is 4.74 Å². The van der Waals surface area contributed by atoms with E-state index in [4.69, 9.17) is 4.74 Å². The average molecular weight is 433 g/mol. The van der Waals surface area contributed by atoms with Crippen LogP contribution in [0.15, 0.2) is 70.8 Å². The lowest BCUT2D eigenvalue weighted by atomic mass is 9.74. The lowest BCUT2D eigenvalue weighted by Gasteiger charge is -2.40. The summed E-state index contributed by atoms with van der Waals surface area (Å²) < 4.78 is 5.49. The molecule has 1 fully saturated rings. The van der Waals surface area contributed by atoms with Gasteiger partial charge in [-0.2, -0.15) is 0 Å². The van der Waals surface area contributed by atoms with Crippen LogP contribution in [0.4, 0.5) is 11.5 Å². The fraction of sp³-hybridized carbons (Fsp3) is 0.360.